The number of nitro groups is 1. The van der Waals surface area contributed by atoms with Crippen molar-refractivity contribution in [2.24, 2.45) is 5.41 Å². The summed E-state index contributed by atoms with van der Waals surface area (Å²) >= 11 is 0. The Morgan fingerprint density at radius 3 is 2.67 bits per heavy atom. The van der Waals surface area contributed by atoms with Gasteiger partial charge in [0.05, 0.1) is 26.6 Å². The van der Waals surface area contributed by atoms with Crippen molar-refractivity contribution in [1.82, 2.24) is 0 Å². The Balaban J connectivity index is 1.90. The third kappa shape index (κ3) is 3.85. The number of nitrogens with zero attached hydrogens (tertiary/aromatic N) is 1. The number of hydrogen-bond donors (Lipinski definition) is 2. The number of carbonyl (C=O) groups excluding carboxylic acids is 1. The zero-order valence-electron chi connectivity index (χ0n) is 14.6. The highest BCUT2D eigenvalue weighted by atomic mass is 32.2. The number of fused-ring (bicyclic) bond motifs is 1. The lowest BCUT2D eigenvalue weighted by Crippen LogP contribution is -2.33. The molecule has 0 bridgehead atoms. The van der Waals surface area contributed by atoms with Crippen molar-refractivity contribution in [2.75, 3.05) is 16.6 Å². The summed E-state index contributed by atoms with van der Waals surface area (Å²) in [4.78, 5) is 22.2. The molecule has 0 saturated carbocycles. The van der Waals surface area contributed by atoms with Crippen LogP contribution in [0.4, 0.5) is 17.1 Å². The average molecular weight is 391 g/mol. The van der Waals surface area contributed by atoms with Gasteiger partial charge in [0.1, 0.15) is 12.4 Å². The van der Waals surface area contributed by atoms with Crippen LogP contribution in [0, 0.1) is 15.5 Å². The van der Waals surface area contributed by atoms with Crippen LogP contribution in [0.3, 0.4) is 0 Å². The minimum absolute atomic E-state index is 0.184. The number of nitrogens with one attached hydrogen (secondary N) is 2. The Kier molecular flexibility index (Phi) is 4.52. The van der Waals surface area contributed by atoms with E-state index in [0.29, 0.717) is 11.4 Å². The number of rotatable bonds is 4. The summed E-state index contributed by atoms with van der Waals surface area (Å²) in [5.41, 5.74) is -0.543. The number of nitro benzene ring substituents is 1. The Morgan fingerprint density at radius 2 is 1.96 bits per heavy atom. The smallest absolute Gasteiger partial charge is 0.270 e. The Labute approximate surface area is 155 Å². The van der Waals surface area contributed by atoms with Gasteiger partial charge in [0.2, 0.25) is 5.91 Å². The second-order valence-electron chi connectivity index (χ2n) is 6.70. The third-order valence-corrected chi connectivity index (χ3v) is 5.40. The van der Waals surface area contributed by atoms with Crippen LogP contribution < -0.4 is 14.8 Å². The maximum atomic E-state index is 12.5. The Morgan fingerprint density at radius 1 is 1.22 bits per heavy atom. The second-order valence-corrected chi connectivity index (χ2v) is 8.38. The van der Waals surface area contributed by atoms with E-state index in [9.17, 15) is 23.3 Å². The van der Waals surface area contributed by atoms with Crippen LogP contribution in [0.1, 0.15) is 13.8 Å². The molecule has 27 heavy (non-hydrogen) atoms. The van der Waals surface area contributed by atoms with Crippen molar-refractivity contribution < 1.29 is 22.9 Å². The number of non-ortho nitro benzene ring substituents is 1. The first-order chi connectivity index (χ1) is 12.6. The predicted octanol–water partition coefficient (Wildman–Crippen LogP) is 2.75. The zero-order chi connectivity index (χ0) is 19.8. The van der Waals surface area contributed by atoms with Crippen LogP contribution in [0.2, 0.25) is 0 Å². The number of benzene rings is 2. The molecular formula is C17H17N3O6S. The van der Waals surface area contributed by atoms with Gasteiger partial charge in [-0.15, -0.1) is 0 Å². The van der Waals surface area contributed by atoms with Crippen molar-refractivity contribution >= 4 is 33.0 Å². The molecule has 0 radical (unpaired) electrons. The van der Waals surface area contributed by atoms with E-state index in [1.165, 1.54) is 30.3 Å². The molecule has 1 aliphatic heterocycles. The van der Waals surface area contributed by atoms with Crippen LogP contribution >= 0.6 is 0 Å². The van der Waals surface area contributed by atoms with E-state index in [4.69, 9.17) is 4.74 Å². The number of ether oxygens (including phenoxy) is 1. The van der Waals surface area contributed by atoms with Crippen molar-refractivity contribution in [2.45, 2.75) is 18.7 Å². The molecular weight excluding hydrogens is 374 g/mol. The molecule has 1 amide bonds. The van der Waals surface area contributed by atoms with Crippen molar-refractivity contribution in [3.63, 3.8) is 0 Å². The molecule has 0 fully saturated rings. The summed E-state index contributed by atoms with van der Waals surface area (Å²) in [6, 6.07) is 9.19. The molecule has 10 heteroatoms. The van der Waals surface area contributed by atoms with E-state index in [0.717, 1.165) is 6.07 Å². The fraction of sp³-hybridized carbons (Fsp3) is 0.235. The van der Waals surface area contributed by atoms with Crippen LogP contribution in [0.15, 0.2) is 47.4 Å². The van der Waals surface area contributed by atoms with Gasteiger partial charge in [-0.25, -0.2) is 8.42 Å². The summed E-state index contributed by atoms with van der Waals surface area (Å²) in [6.45, 7) is 3.66. The Bertz CT molecular complexity index is 1030. The molecule has 9 nitrogen and oxygen atoms in total. The largest absolute Gasteiger partial charge is 0.490 e. The van der Waals surface area contributed by atoms with Crippen LogP contribution in [0.25, 0.3) is 0 Å². The molecule has 0 unspecified atom stereocenters. The van der Waals surface area contributed by atoms with Crippen molar-refractivity contribution in [3.8, 4) is 5.75 Å². The molecule has 2 N–H and O–H groups in total. The number of sulfonamides is 1. The van der Waals surface area contributed by atoms with E-state index >= 15 is 0 Å². The van der Waals surface area contributed by atoms with Gasteiger partial charge in [-0.05, 0) is 38.1 Å². The second kappa shape index (κ2) is 6.54. The summed E-state index contributed by atoms with van der Waals surface area (Å²) in [6.07, 6.45) is 0. The molecule has 0 spiro atoms. The van der Waals surface area contributed by atoms with Gasteiger partial charge in [0.15, 0.2) is 0 Å². The van der Waals surface area contributed by atoms with Gasteiger partial charge in [-0.2, -0.15) is 0 Å². The molecule has 0 atom stereocenters. The lowest BCUT2D eigenvalue weighted by atomic mass is 9.94. The number of carbonyl (C=O) groups is 1. The van der Waals surface area contributed by atoms with Gasteiger partial charge in [-0.3, -0.25) is 19.6 Å². The highest BCUT2D eigenvalue weighted by Crippen LogP contribution is 2.34. The minimum Gasteiger partial charge on any atom is -0.490 e. The van der Waals surface area contributed by atoms with Crippen molar-refractivity contribution in [1.29, 1.82) is 0 Å². The van der Waals surface area contributed by atoms with Gasteiger partial charge < -0.3 is 10.1 Å². The van der Waals surface area contributed by atoms with Gasteiger partial charge in [0, 0.05) is 12.1 Å². The van der Waals surface area contributed by atoms with Gasteiger partial charge >= 0.3 is 0 Å². The van der Waals surface area contributed by atoms with Crippen LogP contribution in [-0.4, -0.2) is 25.9 Å². The van der Waals surface area contributed by atoms with Crippen LogP contribution in [0.5, 0.6) is 5.75 Å². The average Bonchev–Trinajstić information content (AvgIpc) is 2.71. The maximum absolute atomic E-state index is 12.5. The molecule has 2 aromatic carbocycles. The number of hydrogen-bond acceptors (Lipinski definition) is 6. The first-order valence-corrected chi connectivity index (χ1v) is 9.42. The van der Waals surface area contributed by atoms with E-state index in [2.05, 4.69) is 10.0 Å². The quantitative estimate of drug-likeness (QED) is 0.609. The first kappa shape index (κ1) is 18.6. The number of anilines is 2. The number of amides is 1. The first-order valence-electron chi connectivity index (χ1n) is 7.94. The maximum Gasteiger partial charge on any atom is 0.270 e. The third-order valence-electron chi connectivity index (χ3n) is 4.02. The topological polar surface area (TPSA) is 128 Å². The van der Waals surface area contributed by atoms with E-state index in [1.807, 2.05) is 0 Å². The lowest BCUT2D eigenvalue weighted by Gasteiger charge is -2.18. The van der Waals surface area contributed by atoms with E-state index in [1.54, 1.807) is 19.9 Å². The fourth-order valence-electron chi connectivity index (χ4n) is 2.41. The molecule has 3 rings (SSSR count). The molecule has 0 aliphatic carbocycles. The molecule has 1 heterocycles. The van der Waals surface area contributed by atoms with Crippen molar-refractivity contribution in [3.05, 3.63) is 52.6 Å². The van der Waals surface area contributed by atoms with Gasteiger partial charge in [0.25, 0.3) is 15.7 Å². The van der Waals surface area contributed by atoms with Gasteiger partial charge in [-0.1, -0.05) is 6.07 Å². The summed E-state index contributed by atoms with van der Waals surface area (Å²) in [5, 5.41) is 13.6. The summed E-state index contributed by atoms with van der Waals surface area (Å²) in [7, 11) is -4.05. The molecule has 142 valence electrons. The minimum atomic E-state index is -4.05. The SMILES string of the molecule is CC1(C)COc2ccc(NS(=O)(=O)c3cccc([N+](=O)[O-])c3)cc2NC1=O. The van der Waals surface area contributed by atoms with Crippen LogP contribution in [-0.2, 0) is 14.8 Å². The fourth-order valence-corrected chi connectivity index (χ4v) is 3.50. The molecule has 0 aromatic heterocycles. The Hall–Kier alpha value is -3.14. The molecule has 1 aliphatic rings. The van der Waals surface area contributed by atoms with E-state index < -0.39 is 20.4 Å². The monoisotopic (exact) mass is 391 g/mol. The highest BCUT2D eigenvalue weighted by molar-refractivity contribution is 7.92. The standard InChI is InChI=1S/C17H17N3O6S/c1-17(2)10-26-15-7-6-11(8-14(15)18-16(17)21)19-27(24,25)13-5-3-4-12(9-13)20(22)23/h3-9,19H,10H2,1-2H3,(H,18,21). The lowest BCUT2D eigenvalue weighted by molar-refractivity contribution is -0.385. The molecule has 0 saturated heterocycles. The summed E-state index contributed by atoms with van der Waals surface area (Å²) in [5.74, 6) is 0.173. The zero-order valence-corrected chi connectivity index (χ0v) is 15.4. The van der Waals surface area contributed by atoms with E-state index in [-0.39, 0.29) is 28.8 Å². The molecule has 2 aromatic rings. The summed E-state index contributed by atoms with van der Waals surface area (Å²) < 4.78 is 33.0. The predicted molar refractivity (Wildman–Crippen MR) is 98.3 cm³/mol. The highest BCUT2D eigenvalue weighted by Gasteiger charge is 2.32. The normalized spacial score (nSPS) is 15.7.